The number of carbonyl (C=O) groups excluding carboxylic acids is 1. The van der Waals surface area contributed by atoms with E-state index in [1.807, 2.05) is 12.5 Å². The molecule has 0 aromatic heterocycles. The third kappa shape index (κ3) is 4.29. The molecule has 0 bridgehead atoms. The van der Waals surface area contributed by atoms with E-state index in [0.717, 1.165) is 23.2 Å². The van der Waals surface area contributed by atoms with E-state index in [-0.39, 0.29) is 44.9 Å². The molecule has 3 saturated heterocycles. The summed E-state index contributed by atoms with van der Waals surface area (Å²) in [7, 11) is -3.08. The molecule has 1 amide bonds. The normalized spacial score (nSPS) is 26.1. The Kier molecular flexibility index (Phi) is 6.13. The average Bonchev–Trinajstić information content (AvgIpc) is 3.77. The Bertz CT molecular complexity index is 1360. The average molecular weight is 655 g/mol. The minimum Gasteiger partial charge on any atom is -0.377 e. The standard InChI is InChI=1S/C24H25IN4O8P/c30-24-17-2-1-3-20(16(17)4-6-27(24)15-12-34-13-15)36-23-10-18-21(5-9-35-22(18)11-19(23)29(31)32)37-38(33,26-7-8-26)28-14-25-28/h1-3,10-11,15,21H,4-9,12-14H2/q-1. The molecule has 7 rings (SSSR count). The van der Waals surface area contributed by atoms with E-state index in [2.05, 4.69) is 0 Å². The molecule has 0 spiro atoms. The topological polar surface area (TPSA) is 123 Å². The second-order valence-corrected chi connectivity index (χ2v) is 15.2. The smallest absolute Gasteiger partial charge is 0.377 e. The summed E-state index contributed by atoms with van der Waals surface area (Å²) in [6.07, 6.45) is 0.506. The molecule has 0 aliphatic carbocycles. The zero-order valence-electron chi connectivity index (χ0n) is 20.3. The van der Waals surface area contributed by atoms with Crippen LogP contribution in [0.1, 0.15) is 34.0 Å². The maximum atomic E-state index is 13.7. The molecule has 2 aromatic rings. The van der Waals surface area contributed by atoms with Crippen LogP contribution >= 0.6 is 7.67 Å². The molecule has 3 unspecified atom stereocenters. The Morgan fingerprint density at radius 2 is 1.97 bits per heavy atom. The van der Waals surface area contributed by atoms with Gasteiger partial charge in [-0.2, -0.15) is 0 Å². The number of nitro groups is 1. The summed E-state index contributed by atoms with van der Waals surface area (Å²) in [6, 6.07) is 8.21. The van der Waals surface area contributed by atoms with Crippen LogP contribution in [0.4, 0.5) is 5.69 Å². The predicted octanol–water partition coefficient (Wildman–Crippen LogP) is 0.325. The number of carbonyl (C=O) groups is 1. The van der Waals surface area contributed by atoms with E-state index in [9.17, 15) is 19.5 Å². The van der Waals surface area contributed by atoms with Gasteiger partial charge in [0.05, 0.1) is 19.3 Å². The van der Waals surface area contributed by atoms with Crippen molar-refractivity contribution in [2.75, 3.05) is 44.0 Å². The first-order valence-corrected chi connectivity index (χ1v) is 16.5. The number of ether oxygens (including phenoxy) is 3. The summed E-state index contributed by atoms with van der Waals surface area (Å²) in [5, 5.41) is 12.0. The summed E-state index contributed by atoms with van der Waals surface area (Å²) in [5.41, 5.74) is 1.59. The van der Waals surface area contributed by atoms with E-state index in [1.165, 1.54) is 6.07 Å². The van der Waals surface area contributed by atoms with Gasteiger partial charge in [-0.25, -0.2) is 0 Å². The van der Waals surface area contributed by atoms with E-state index >= 15 is 0 Å². The van der Waals surface area contributed by atoms with Gasteiger partial charge in [0.1, 0.15) is 0 Å². The second-order valence-electron chi connectivity index (χ2n) is 9.69. The fraction of sp³-hybridized carbons (Fsp3) is 0.458. The van der Waals surface area contributed by atoms with Gasteiger partial charge in [-0.15, -0.1) is 0 Å². The molecule has 5 heterocycles. The molecule has 5 aliphatic rings. The fourth-order valence-electron chi connectivity index (χ4n) is 5.06. The zero-order chi connectivity index (χ0) is 26.0. The molecule has 0 radical (unpaired) electrons. The van der Waals surface area contributed by atoms with Crippen LogP contribution in [0.3, 0.4) is 0 Å². The number of halogens is 1. The molecule has 3 atom stereocenters. The third-order valence-electron chi connectivity index (χ3n) is 7.33. The summed E-state index contributed by atoms with van der Waals surface area (Å²) in [6.45, 7) is 3.39. The third-order valence-corrected chi connectivity index (χ3v) is 13.9. The van der Waals surface area contributed by atoms with E-state index < -0.39 is 18.7 Å². The van der Waals surface area contributed by atoms with Crippen molar-refractivity contribution in [3.8, 4) is 17.2 Å². The molecular weight excluding hydrogens is 630 g/mol. The number of benzene rings is 2. The summed E-state index contributed by atoms with van der Waals surface area (Å²) < 4.78 is 41.8. The van der Waals surface area contributed by atoms with Gasteiger partial charge in [0, 0.05) is 0 Å². The second kappa shape index (κ2) is 9.42. The number of nitrogens with zero attached hydrogens (tertiary/aromatic N) is 4. The van der Waals surface area contributed by atoms with Crippen LogP contribution in [0, 0.1) is 10.1 Å². The summed E-state index contributed by atoms with van der Waals surface area (Å²) in [4.78, 5) is 26.5. The summed E-state index contributed by atoms with van der Waals surface area (Å²) in [5.74, 6) is 0.683. The first-order chi connectivity index (χ1) is 18.4. The van der Waals surface area contributed by atoms with Crippen molar-refractivity contribution in [3.05, 3.63) is 57.1 Å². The Morgan fingerprint density at radius 1 is 1.16 bits per heavy atom. The monoisotopic (exact) mass is 655 g/mol. The Morgan fingerprint density at radius 3 is 2.66 bits per heavy atom. The van der Waals surface area contributed by atoms with Crippen LogP contribution in [0.2, 0.25) is 0 Å². The predicted molar refractivity (Wildman–Crippen MR) is 129 cm³/mol. The van der Waals surface area contributed by atoms with Gasteiger partial charge in [-0.05, 0) is 0 Å². The number of hydrogen-bond acceptors (Lipinski definition) is 8. The molecule has 2 aromatic carbocycles. The molecule has 0 N–H and O–H groups in total. The van der Waals surface area contributed by atoms with Crippen molar-refractivity contribution in [2.24, 2.45) is 0 Å². The first kappa shape index (κ1) is 24.7. The minimum atomic E-state index is -3.08. The number of alkyl halides is 1. The van der Waals surface area contributed by atoms with Crippen LogP contribution in [0.15, 0.2) is 30.3 Å². The van der Waals surface area contributed by atoms with Crippen LogP contribution in [0.25, 0.3) is 0 Å². The quantitative estimate of drug-likeness (QED) is 0.0575. The number of amides is 1. The van der Waals surface area contributed by atoms with Crippen LogP contribution in [-0.4, -0.2) is 73.3 Å². The number of hydrogen-bond donors (Lipinski definition) is 0. The molecule has 14 heteroatoms. The summed E-state index contributed by atoms with van der Waals surface area (Å²) >= 11 is -0.255. The van der Waals surface area contributed by atoms with Gasteiger partial charge >= 0.3 is 196 Å². The first-order valence-electron chi connectivity index (χ1n) is 12.5. The molecule has 3 fully saturated rings. The van der Waals surface area contributed by atoms with Crippen molar-refractivity contribution in [1.82, 2.24) is 12.5 Å². The SMILES string of the molecule is O=C1c2cccc(Oc3cc4c(cc3[N+](=O)[O-])OCCC4OP(=O)(N3CC3)N3C[I-]3)c2CCN1C1COC1. The molecule has 5 aliphatic heterocycles. The van der Waals surface area contributed by atoms with Gasteiger partial charge < -0.3 is 9.64 Å². The van der Waals surface area contributed by atoms with Gasteiger partial charge in [0.25, 0.3) is 0 Å². The number of nitro benzene ring substituents is 1. The Hall–Kier alpha value is -2.29. The van der Waals surface area contributed by atoms with Crippen LogP contribution < -0.4 is 31.0 Å². The number of rotatable bonds is 8. The molecule has 0 saturated carbocycles. The Balaban J connectivity index is 1.22. The van der Waals surface area contributed by atoms with Crippen molar-refractivity contribution in [1.29, 1.82) is 0 Å². The van der Waals surface area contributed by atoms with Gasteiger partial charge in [0.15, 0.2) is 0 Å². The Labute approximate surface area is 229 Å². The van der Waals surface area contributed by atoms with Gasteiger partial charge in [-0.3, -0.25) is 4.79 Å². The van der Waals surface area contributed by atoms with E-state index in [1.54, 1.807) is 24.3 Å². The van der Waals surface area contributed by atoms with Crippen LogP contribution in [-0.2, 0) is 20.2 Å². The van der Waals surface area contributed by atoms with Crippen molar-refractivity contribution in [2.45, 2.75) is 25.0 Å². The van der Waals surface area contributed by atoms with E-state index in [4.69, 9.17) is 18.7 Å². The van der Waals surface area contributed by atoms with Crippen molar-refractivity contribution < 1.29 is 54.5 Å². The molecule has 202 valence electrons. The van der Waals surface area contributed by atoms with E-state index in [0.29, 0.717) is 61.8 Å². The minimum absolute atomic E-state index is 0.0317. The molecule has 12 nitrogen and oxygen atoms in total. The molecule has 38 heavy (non-hydrogen) atoms. The van der Waals surface area contributed by atoms with Crippen molar-refractivity contribution >= 4 is 19.3 Å². The maximum absolute atomic E-state index is 13.7. The fourth-order valence-corrected chi connectivity index (χ4v) is 10.9. The van der Waals surface area contributed by atoms with Gasteiger partial charge in [-0.1, -0.05) is 0 Å². The zero-order valence-corrected chi connectivity index (χ0v) is 23.3. The van der Waals surface area contributed by atoms with Gasteiger partial charge in [0.2, 0.25) is 0 Å². The number of fused-ring (bicyclic) bond motifs is 2. The molecular formula is C24H25IN4O8P-. The van der Waals surface area contributed by atoms with Crippen LogP contribution in [0.5, 0.6) is 17.2 Å². The van der Waals surface area contributed by atoms with Crippen molar-refractivity contribution in [3.63, 3.8) is 0 Å².